The van der Waals surface area contributed by atoms with Gasteiger partial charge in [0.05, 0.1) is 18.4 Å². The Bertz CT molecular complexity index is 706. The molecule has 4 heteroatoms. The number of fused-ring (bicyclic) bond motifs is 1. The van der Waals surface area contributed by atoms with Crippen molar-refractivity contribution in [3.63, 3.8) is 0 Å². The van der Waals surface area contributed by atoms with Crippen LogP contribution in [0.25, 0.3) is 22.2 Å². The van der Waals surface area contributed by atoms with E-state index >= 15 is 0 Å². The average Bonchev–Trinajstić information content (AvgIpc) is 2.96. The summed E-state index contributed by atoms with van der Waals surface area (Å²) in [6.45, 7) is 4.67. The number of benzene rings is 1. The van der Waals surface area contributed by atoms with Crippen molar-refractivity contribution in [2.75, 3.05) is 0 Å². The Kier molecular flexibility index (Phi) is 2.45. The van der Waals surface area contributed by atoms with Gasteiger partial charge in [-0.05, 0) is 31.5 Å². The van der Waals surface area contributed by atoms with Gasteiger partial charge in [-0.15, -0.1) is 0 Å². The fourth-order valence-corrected chi connectivity index (χ4v) is 2.24. The summed E-state index contributed by atoms with van der Waals surface area (Å²) in [6, 6.07) is 6.38. The molecule has 0 saturated carbocycles. The van der Waals surface area contributed by atoms with E-state index in [1.807, 2.05) is 6.20 Å². The van der Waals surface area contributed by atoms with Crippen LogP contribution in [0.15, 0.2) is 24.4 Å². The van der Waals surface area contributed by atoms with Crippen molar-refractivity contribution in [3.8, 4) is 11.3 Å². The molecule has 0 unspecified atom stereocenters. The van der Waals surface area contributed by atoms with Crippen molar-refractivity contribution < 1.29 is 0 Å². The van der Waals surface area contributed by atoms with E-state index in [1.165, 1.54) is 22.2 Å². The van der Waals surface area contributed by atoms with Crippen LogP contribution in [0.2, 0.25) is 0 Å². The molecule has 0 atom stereocenters. The first-order valence-electron chi connectivity index (χ1n) is 6.02. The predicted octanol–water partition coefficient (Wildman–Crippen LogP) is 2.63. The molecule has 0 bridgehead atoms. The van der Waals surface area contributed by atoms with Gasteiger partial charge >= 0.3 is 0 Å². The largest absolute Gasteiger partial charge is 0.358 e. The maximum Gasteiger partial charge on any atom is 0.120 e. The van der Waals surface area contributed by atoms with Gasteiger partial charge in [0, 0.05) is 22.2 Å². The highest BCUT2D eigenvalue weighted by Gasteiger charge is 2.07. The highest BCUT2D eigenvalue weighted by molar-refractivity contribution is 5.88. The number of aromatic amines is 2. The van der Waals surface area contributed by atoms with E-state index in [-0.39, 0.29) is 0 Å². The second-order valence-corrected chi connectivity index (χ2v) is 4.58. The molecule has 92 valence electrons. The SMILES string of the molecule is Cc1[nH]c2ccc(-c3cnc(CN)[nH]3)cc2c1C. The molecule has 0 aliphatic carbocycles. The first kappa shape index (κ1) is 11.0. The highest BCUT2D eigenvalue weighted by atomic mass is 14.9. The third-order valence-electron chi connectivity index (χ3n) is 3.44. The molecule has 0 spiro atoms. The normalized spacial score (nSPS) is 11.3. The van der Waals surface area contributed by atoms with E-state index in [9.17, 15) is 0 Å². The van der Waals surface area contributed by atoms with Crippen LogP contribution in [-0.4, -0.2) is 15.0 Å². The molecule has 1 aromatic carbocycles. The molecule has 0 saturated heterocycles. The summed E-state index contributed by atoms with van der Waals surface area (Å²) >= 11 is 0. The summed E-state index contributed by atoms with van der Waals surface area (Å²) in [7, 11) is 0. The van der Waals surface area contributed by atoms with Gasteiger partial charge in [0.25, 0.3) is 0 Å². The van der Waals surface area contributed by atoms with Gasteiger partial charge in [0.1, 0.15) is 5.82 Å². The van der Waals surface area contributed by atoms with Crippen molar-refractivity contribution in [1.82, 2.24) is 15.0 Å². The minimum Gasteiger partial charge on any atom is -0.358 e. The molecule has 2 heterocycles. The Morgan fingerprint density at radius 1 is 1.22 bits per heavy atom. The monoisotopic (exact) mass is 240 g/mol. The molecule has 3 aromatic rings. The number of nitrogens with zero attached hydrogens (tertiary/aromatic N) is 1. The van der Waals surface area contributed by atoms with Crippen LogP contribution in [0.1, 0.15) is 17.1 Å². The molecule has 3 rings (SSSR count). The smallest absolute Gasteiger partial charge is 0.120 e. The third-order valence-corrected chi connectivity index (χ3v) is 3.44. The molecule has 4 N–H and O–H groups in total. The lowest BCUT2D eigenvalue weighted by molar-refractivity contribution is 0.950. The lowest BCUT2D eigenvalue weighted by Crippen LogP contribution is -1.97. The van der Waals surface area contributed by atoms with Gasteiger partial charge in [0.15, 0.2) is 0 Å². The van der Waals surface area contributed by atoms with Crippen molar-refractivity contribution in [2.45, 2.75) is 20.4 Å². The Balaban J connectivity index is 2.15. The zero-order chi connectivity index (χ0) is 12.7. The van der Waals surface area contributed by atoms with Crippen molar-refractivity contribution in [1.29, 1.82) is 0 Å². The van der Waals surface area contributed by atoms with Gasteiger partial charge < -0.3 is 15.7 Å². The molecule has 0 fully saturated rings. The number of nitrogens with one attached hydrogen (secondary N) is 2. The number of aryl methyl sites for hydroxylation is 2. The Labute approximate surface area is 105 Å². The molecule has 4 nitrogen and oxygen atoms in total. The van der Waals surface area contributed by atoms with Crippen LogP contribution in [-0.2, 0) is 6.54 Å². The fraction of sp³-hybridized carbons (Fsp3) is 0.214. The molecule has 0 aliphatic heterocycles. The zero-order valence-electron chi connectivity index (χ0n) is 10.5. The second-order valence-electron chi connectivity index (χ2n) is 4.58. The topological polar surface area (TPSA) is 70.5 Å². The third kappa shape index (κ3) is 1.62. The van der Waals surface area contributed by atoms with E-state index in [0.29, 0.717) is 6.54 Å². The van der Waals surface area contributed by atoms with Crippen LogP contribution in [0.3, 0.4) is 0 Å². The number of nitrogens with two attached hydrogens (primary N) is 1. The standard InChI is InChI=1S/C14H16N4/c1-8-9(2)17-12-4-3-10(5-11(8)12)13-7-16-14(6-15)18-13/h3-5,7,17H,6,15H2,1-2H3,(H,16,18). The zero-order valence-corrected chi connectivity index (χ0v) is 10.5. The van der Waals surface area contributed by atoms with E-state index in [0.717, 1.165) is 17.1 Å². The van der Waals surface area contributed by atoms with Gasteiger partial charge in [-0.1, -0.05) is 6.07 Å². The van der Waals surface area contributed by atoms with Gasteiger partial charge in [-0.25, -0.2) is 4.98 Å². The minimum atomic E-state index is 0.435. The Morgan fingerprint density at radius 3 is 2.78 bits per heavy atom. The average molecular weight is 240 g/mol. The van der Waals surface area contributed by atoms with E-state index in [4.69, 9.17) is 5.73 Å². The molecular formula is C14H16N4. The van der Waals surface area contributed by atoms with Gasteiger partial charge in [-0.2, -0.15) is 0 Å². The number of rotatable bonds is 2. The summed E-state index contributed by atoms with van der Waals surface area (Å²) in [5.41, 5.74) is 11.4. The predicted molar refractivity (Wildman–Crippen MR) is 73.2 cm³/mol. The summed E-state index contributed by atoms with van der Waals surface area (Å²) in [4.78, 5) is 10.8. The number of imidazole rings is 1. The van der Waals surface area contributed by atoms with Gasteiger partial charge in [0.2, 0.25) is 0 Å². The summed E-state index contributed by atoms with van der Waals surface area (Å²) in [5.74, 6) is 0.812. The van der Waals surface area contributed by atoms with Crippen LogP contribution in [0.5, 0.6) is 0 Å². The maximum atomic E-state index is 5.56. The lowest BCUT2D eigenvalue weighted by atomic mass is 10.1. The minimum absolute atomic E-state index is 0.435. The van der Waals surface area contributed by atoms with E-state index < -0.39 is 0 Å². The number of aromatic nitrogens is 3. The molecule has 0 amide bonds. The quantitative estimate of drug-likeness (QED) is 0.644. The van der Waals surface area contributed by atoms with E-state index in [2.05, 4.69) is 47.0 Å². The molecule has 0 aliphatic rings. The molecule has 18 heavy (non-hydrogen) atoms. The Hall–Kier alpha value is -2.07. The number of hydrogen-bond donors (Lipinski definition) is 3. The van der Waals surface area contributed by atoms with Crippen LogP contribution >= 0.6 is 0 Å². The summed E-state index contributed by atoms with van der Waals surface area (Å²) in [5, 5.41) is 1.26. The number of hydrogen-bond acceptors (Lipinski definition) is 2. The second kappa shape index (κ2) is 3.99. The van der Waals surface area contributed by atoms with E-state index in [1.54, 1.807) is 0 Å². The van der Waals surface area contributed by atoms with Crippen LogP contribution < -0.4 is 5.73 Å². The van der Waals surface area contributed by atoms with Crippen molar-refractivity contribution >= 4 is 10.9 Å². The molecule has 2 aromatic heterocycles. The highest BCUT2D eigenvalue weighted by Crippen LogP contribution is 2.26. The molecular weight excluding hydrogens is 224 g/mol. The lowest BCUT2D eigenvalue weighted by Gasteiger charge is -1.99. The van der Waals surface area contributed by atoms with Crippen molar-refractivity contribution in [2.24, 2.45) is 5.73 Å². The van der Waals surface area contributed by atoms with Gasteiger partial charge in [-0.3, -0.25) is 0 Å². The summed E-state index contributed by atoms with van der Waals surface area (Å²) < 4.78 is 0. The fourth-order valence-electron chi connectivity index (χ4n) is 2.24. The first-order chi connectivity index (χ1) is 8.69. The summed E-state index contributed by atoms with van der Waals surface area (Å²) in [6.07, 6.45) is 1.83. The maximum absolute atomic E-state index is 5.56. The van der Waals surface area contributed by atoms with Crippen LogP contribution in [0.4, 0.5) is 0 Å². The Morgan fingerprint density at radius 2 is 2.06 bits per heavy atom. The number of H-pyrrole nitrogens is 2. The first-order valence-corrected chi connectivity index (χ1v) is 6.02. The molecule has 0 radical (unpaired) electrons. The van der Waals surface area contributed by atoms with Crippen LogP contribution in [0, 0.1) is 13.8 Å². The van der Waals surface area contributed by atoms with Crippen molar-refractivity contribution in [3.05, 3.63) is 41.5 Å².